The van der Waals surface area contributed by atoms with Gasteiger partial charge < -0.3 is 9.47 Å². The van der Waals surface area contributed by atoms with Crippen LogP contribution in [-0.4, -0.2) is 54.5 Å². The van der Waals surface area contributed by atoms with E-state index >= 15 is 26.3 Å². The molecule has 2 aromatic rings. The van der Waals surface area contributed by atoms with E-state index in [1.807, 2.05) is 0 Å². The molecular weight excluding hydrogens is 639 g/mol. The van der Waals surface area contributed by atoms with Gasteiger partial charge in [0.25, 0.3) is 10.1 Å². The summed E-state index contributed by atoms with van der Waals surface area (Å²) >= 11 is 2.06. The second-order valence-corrected chi connectivity index (χ2v) is 15.0. The quantitative estimate of drug-likeness (QED) is 0.259. The van der Waals surface area contributed by atoms with E-state index in [9.17, 15) is 13.0 Å². The summed E-state index contributed by atoms with van der Waals surface area (Å²) in [6, 6.07) is 10.2. The van der Waals surface area contributed by atoms with Gasteiger partial charge in [0, 0.05) is 21.0 Å². The lowest BCUT2D eigenvalue weighted by Gasteiger charge is -2.47. The standard InChI is InChI=1S/C29H22F6O5S3/c1-25-17(12-20(41-25)14-5-8-16(39-3)9-6-14)23-24(28(32,33)29(34,35)27(23,30)31)18-13-21(42-26(18,25)2)15-7-10-19(40-4)22(11-15)43(36,37)38/h5-13H,1-4H3,(H,36,37,38). The molecule has 14 heteroatoms. The predicted molar refractivity (Wildman–Crippen MR) is 153 cm³/mol. The second-order valence-electron chi connectivity index (χ2n) is 10.7. The number of hydrogen-bond donors (Lipinski definition) is 1. The molecule has 0 saturated heterocycles. The maximum atomic E-state index is 15.6. The topological polar surface area (TPSA) is 72.8 Å². The fraction of sp³-hybridized carbons (Fsp3) is 0.310. The number of rotatable bonds is 5. The molecule has 0 radical (unpaired) electrons. The minimum Gasteiger partial charge on any atom is -0.497 e. The molecule has 0 spiro atoms. The summed E-state index contributed by atoms with van der Waals surface area (Å²) in [5, 5.41) is 0. The molecule has 0 aromatic heterocycles. The van der Waals surface area contributed by atoms with Crippen LogP contribution in [0.4, 0.5) is 26.3 Å². The molecule has 0 bridgehead atoms. The Morgan fingerprint density at radius 3 is 1.63 bits per heavy atom. The van der Waals surface area contributed by atoms with Crippen LogP contribution in [0.25, 0.3) is 9.81 Å². The van der Waals surface area contributed by atoms with Gasteiger partial charge in [-0.2, -0.15) is 34.8 Å². The number of hydrogen-bond acceptors (Lipinski definition) is 6. The highest BCUT2D eigenvalue weighted by Crippen LogP contribution is 2.75. The van der Waals surface area contributed by atoms with Crippen molar-refractivity contribution in [3.8, 4) is 11.5 Å². The summed E-state index contributed by atoms with van der Waals surface area (Å²) in [5.41, 5.74) is -2.90. The van der Waals surface area contributed by atoms with Gasteiger partial charge in [0.1, 0.15) is 16.4 Å². The molecule has 5 nitrogen and oxygen atoms in total. The molecule has 228 valence electrons. The summed E-state index contributed by atoms with van der Waals surface area (Å²) in [6.07, 6.45) is 2.41. The average Bonchev–Trinajstić information content (AvgIpc) is 3.52. The third-order valence-corrected chi connectivity index (χ3v) is 12.6. The molecule has 0 amide bonds. The molecule has 2 aromatic carbocycles. The Morgan fingerprint density at radius 2 is 1.19 bits per heavy atom. The van der Waals surface area contributed by atoms with Crippen molar-refractivity contribution in [2.75, 3.05) is 14.2 Å². The van der Waals surface area contributed by atoms with Gasteiger partial charge >= 0.3 is 17.8 Å². The fourth-order valence-corrected chi connectivity index (χ4v) is 9.80. The molecule has 2 heterocycles. The van der Waals surface area contributed by atoms with Crippen LogP contribution in [0.15, 0.2) is 81.8 Å². The Hall–Kier alpha value is -2.81. The van der Waals surface area contributed by atoms with Crippen molar-refractivity contribution in [1.82, 2.24) is 0 Å². The van der Waals surface area contributed by atoms with Gasteiger partial charge in [-0.25, -0.2) is 0 Å². The molecule has 6 rings (SSSR count). The largest absolute Gasteiger partial charge is 0.497 e. The first-order valence-corrected chi connectivity index (χ1v) is 15.7. The Morgan fingerprint density at radius 1 is 0.721 bits per heavy atom. The normalized spacial score (nSPS) is 28.3. The van der Waals surface area contributed by atoms with Crippen LogP contribution in [-0.2, 0) is 10.1 Å². The van der Waals surface area contributed by atoms with Gasteiger partial charge in [-0.05, 0) is 72.5 Å². The van der Waals surface area contributed by atoms with E-state index in [0.717, 1.165) is 35.7 Å². The van der Waals surface area contributed by atoms with E-state index in [2.05, 4.69) is 0 Å². The average molecular weight is 661 g/mol. The number of methoxy groups -OCH3 is 2. The highest BCUT2D eigenvalue weighted by molar-refractivity contribution is 8.14. The summed E-state index contributed by atoms with van der Waals surface area (Å²) in [4.78, 5) is -0.0384. The number of benzene rings is 2. The predicted octanol–water partition coefficient (Wildman–Crippen LogP) is 7.87. The molecule has 1 fully saturated rings. The maximum Gasteiger partial charge on any atom is 0.380 e. The zero-order valence-electron chi connectivity index (χ0n) is 22.8. The van der Waals surface area contributed by atoms with E-state index in [1.165, 1.54) is 39.4 Å². The van der Waals surface area contributed by atoms with Gasteiger partial charge in [-0.15, -0.1) is 23.5 Å². The first-order chi connectivity index (χ1) is 19.8. The van der Waals surface area contributed by atoms with Crippen molar-refractivity contribution in [2.24, 2.45) is 0 Å². The highest BCUT2D eigenvalue weighted by atomic mass is 32.2. The molecule has 43 heavy (non-hydrogen) atoms. The molecule has 1 N–H and O–H groups in total. The van der Waals surface area contributed by atoms with Crippen LogP contribution in [0.1, 0.15) is 25.0 Å². The first kappa shape index (κ1) is 30.2. The number of halogens is 6. The zero-order valence-corrected chi connectivity index (χ0v) is 25.2. The molecule has 1 saturated carbocycles. The van der Waals surface area contributed by atoms with Gasteiger partial charge in [0.2, 0.25) is 0 Å². The number of thioether (sulfide) groups is 2. The van der Waals surface area contributed by atoms with Crippen molar-refractivity contribution in [3.63, 3.8) is 0 Å². The van der Waals surface area contributed by atoms with E-state index in [0.29, 0.717) is 16.2 Å². The van der Waals surface area contributed by atoms with Crippen molar-refractivity contribution in [1.29, 1.82) is 0 Å². The summed E-state index contributed by atoms with van der Waals surface area (Å²) in [7, 11) is -2.15. The number of ether oxygens (including phenoxy) is 2. The Balaban J connectivity index is 1.61. The van der Waals surface area contributed by atoms with Gasteiger partial charge in [-0.3, -0.25) is 4.55 Å². The minimum atomic E-state index is -5.71. The van der Waals surface area contributed by atoms with Gasteiger partial charge in [0.15, 0.2) is 0 Å². The SMILES string of the molecule is COc1ccc(C2=CC3=C4C(=C5C=C(c6ccc(OC)c(S(=O)(=O)O)c6)SC5(C)C3(C)S2)C(F)(F)C(F)(F)C4(F)F)cc1. The summed E-state index contributed by atoms with van der Waals surface area (Å²) in [6.45, 7) is 3.08. The van der Waals surface area contributed by atoms with E-state index in [-0.39, 0.29) is 21.8 Å². The van der Waals surface area contributed by atoms with Crippen LogP contribution < -0.4 is 9.47 Å². The van der Waals surface area contributed by atoms with Crippen molar-refractivity contribution in [2.45, 2.75) is 46.0 Å². The van der Waals surface area contributed by atoms with E-state index < -0.39 is 59.0 Å². The Labute approximate surface area is 251 Å². The molecular formula is C29H22F6O5S3. The number of fused-ring (bicyclic) bond motifs is 4. The summed E-state index contributed by atoms with van der Waals surface area (Å²) < 4.78 is 133. The lowest BCUT2D eigenvalue weighted by molar-refractivity contribution is -0.258. The van der Waals surface area contributed by atoms with Gasteiger partial charge in [-0.1, -0.05) is 18.2 Å². The lowest BCUT2D eigenvalue weighted by Crippen LogP contribution is -2.48. The zero-order chi connectivity index (χ0) is 31.5. The third kappa shape index (κ3) is 3.82. The minimum absolute atomic E-state index is 0.125. The lowest BCUT2D eigenvalue weighted by atomic mass is 9.71. The fourth-order valence-electron chi connectivity index (χ4n) is 5.98. The van der Waals surface area contributed by atoms with Crippen LogP contribution in [0.2, 0.25) is 0 Å². The van der Waals surface area contributed by atoms with Crippen LogP contribution in [0.5, 0.6) is 11.5 Å². The van der Waals surface area contributed by atoms with E-state index in [4.69, 9.17) is 9.47 Å². The molecule has 2 aliphatic carbocycles. The third-order valence-electron chi connectivity index (χ3n) is 8.42. The van der Waals surface area contributed by atoms with Crippen molar-refractivity contribution >= 4 is 43.5 Å². The Bertz CT molecular complexity index is 1830. The maximum absolute atomic E-state index is 15.6. The van der Waals surface area contributed by atoms with Crippen LogP contribution in [0.3, 0.4) is 0 Å². The molecule has 2 unspecified atom stereocenters. The highest BCUT2D eigenvalue weighted by Gasteiger charge is 2.84. The second kappa shape index (κ2) is 9.11. The summed E-state index contributed by atoms with van der Waals surface area (Å²) in [5.74, 6) is -15.8. The van der Waals surface area contributed by atoms with E-state index in [1.54, 1.807) is 31.2 Å². The number of allylic oxidation sites excluding steroid dienone is 4. The smallest absolute Gasteiger partial charge is 0.380 e. The Kier molecular flexibility index (Phi) is 6.41. The molecule has 2 atom stereocenters. The molecule has 2 aliphatic heterocycles. The van der Waals surface area contributed by atoms with Crippen molar-refractivity contribution in [3.05, 3.63) is 88.0 Å². The van der Waals surface area contributed by atoms with Crippen LogP contribution >= 0.6 is 23.5 Å². The van der Waals surface area contributed by atoms with Crippen molar-refractivity contribution < 1.29 is 48.8 Å². The van der Waals surface area contributed by atoms with Crippen LogP contribution in [0, 0.1) is 0 Å². The molecule has 4 aliphatic rings. The monoisotopic (exact) mass is 660 g/mol. The number of alkyl halides is 6. The first-order valence-electron chi connectivity index (χ1n) is 12.6. The van der Waals surface area contributed by atoms with Gasteiger partial charge in [0.05, 0.1) is 23.7 Å².